The number of hydrogen-bond acceptors (Lipinski definition) is 3. The van der Waals surface area contributed by atoms with Gasteiger partial charge in [0.25, 0.3) is 0 Å². The molecule has 0 saturated heterocycles. The molecular weight excluding hydrogens is 350 g/mol. The number of rotatable bonds is 7. The van der Waals surface area contributed by atoms with Crippen molar-refractivity contribution >= 4 is 17.5 Å². The van der Waals surface area contributed by atoms with Gasteiger partial charge in [-0.05, 0) is 48.4 Å². The molecule has 1 aromatic heterocycles. The molecule has 0 atom stereocenters. The summed E-state index contributed by atoms with van der Waals surface area (Å²) >= 11 is 0. The van der Waals surface area contributed by atoms with Crippen molar-refractivity contribution in [2.24, 2.45) is 5.41 Å². The zero-order valence-electron chi connectivity index (χ0n) is 17.7. The number of nitrogens with one attached hydrogen (secondary N) is 2. The molecule has 0 spiro atoms. The highest BCUT2D eigenvalue weighted by Gasteiger charge is 2.36. The fraction of sp³-hybridized carbons (Fsp3) is 0.435. The second-order valence-corrected chi connectivity index (χ2v) is 8.24. The molecular formula is C23H31N3O2. The number of anilines is 1. The highest BCUT2D eigenvalue weighted by molar-refractivity contribution is 6.10. The van der Waals surface area contributed by atoms with Crippen LogP contribution < -0.4 is 10.6 Å². The van der Waals surface area contributed by atoms with E-state index in [1.54, 1.807) is 26.2 Å². The number of amides is 2. The van der Waals surface area contributed by atoms with Crippen LogP contribution >= 0.6 is 0 Å². The summed E-state index contributed by atoms with van der Waals surface area (Å²) < 4.78 is 0. The summed E-state index contributed by atoms with van der Waals surface area (Å²) in [5, 5.41) is 5.89. The average Bonchev–Trinajstić information content (AvgIpc) is 2.66. The smallest absolute Gasteiger partial charge is 0.239 e. The van der Waals surface area contributed by atoms with Gasteiger partial charge in [0.1, 0.15) is 5.41 Å². The lowest BCUT2D eigenvalue weighted by Gasteiger charge is -2.26. The van der Waals surface area contributed by atoms with E-state index in [4.69, 9.17) is 0 Å². The fourth-order valence-electron chi connectivity index (χ4n) is 2.97. The van der Waals surface area contributed by atoms with Crippen LogP contribution in [0, 0.1) is 5.41 Å². The molecule has 0 saturated carbocycles. The Morgan fingerprint density at radius 1 is 0.964 bits per heavy atom. The Hall–Kier alpha value is -2.69. The van der Waals surface area contributed by atoms with Crippen molar-refractivity contribution in [3.8, 4) is 0 Å². The van der Waals surface area contributed by atoms with Crippen molar-refractivity contribution in [1.29, 1.82) is 0 Å². The van der Waals surface area contributed by atoms with Crippen LogP contribution in [0.4, 0.5) is 5.69 Å². The molecule has 0 aliphatic carbocycles. The minimum Gasteiger partial charge on any atom is -0.351 e. The number of benzene rings is 1. The molecule has 2 rings (SSSR count). The molecule has 150 valence electrons. The molecule has 0 fully saturated rings. The van der Waals surface area contributed by atoms with E-state index in [-0.39, 0.29) is 23.7 Å². The van der Waals surface area contributed by atoms with Gasteiger partial charge in [-0.3, -0.25) is 14.6 Å². The van der Waals surface area contributed by atoms with Crippen molar-refractivity contribution in [1.82, 2.24) is 10.3 Å². The minimum atomic E-state index is -1.21. The molecule has 0 bridgehead atoms. The first-order valence-electron chi connectivity index (χ1n) is 9.76. The van der Waals surface area contributed by atoms with Crippen molar-refractivity contribution in [2.75, 3.05) is 5.32 Å². The lowest BCUT2D eigenvalue weighted by Crippen LogP contribution is -2.45. The second-order valence-electron chi connectivity index (χ2n) is 8.24. The lowest BCUT2D eigenvalue weighted by atomic mass is 9.88. The molecule has 28 heavy (non-hydrogen) atoms. The quantitative estimate of drug-likeness (QED) is 0.688. The number of aromatic nitrogens is 1. The topological polar surface area (TPSA) is 71.1 Å². The number of para-hydroxylation sites is 1. The van der Waals surface area contributed by atoms with Crippen LogP contribution in [0.5, 0.6) is 0 Å². The van der Waals surface area contributed by atoms with Crippen molar-refractivity contribution in [3.63, 3.8) is 0 Å². The van der Waals surface area contributed by atoms with E-state index in [1.807, 2.05) is 30.3 Å². The van der Waals surface area contributed by atoms with E-state index in [2.05, 4.69) is 43.3 Å². The molecule has 1 aromatic carbocycles. The van der Waals surface area contributed by atoms with Gasteiger partial charge in [-0.2, -0.15) is 0 Å². The maximum Gasteiger partial charge on any atom is 0.239 e. The summed E-state index contributed by atoms with van der Waals surface area (Å²) in [4.78, 5) is 29.8. The molecule has 0 unspecified atom stereocenters. The third-order valence-electron chi connectivity index (χ3n) is 4.92. The van der Waals surface area contributed by atoms with Crippen LogP contribution in [-0.2, 0) is 16.1 Å². The number of carbonyl (C=O) groups excluding carboxylic acids is 2. The maximum atomic E-state index is 13.1. The Bertz CT molecular complexity index is 801. The van der Waals surface area contributed by atoms with Crippen LogP contribution in [0.2, 0.25) is 0 Å². The van der Waals surface area contributed by atoms with Crippen LogP contribution in [-0.4, -0.2) is 16.8 Å². The third-order valence-corrected chi connectivity index (χ3v) is 4.92. The summed E-state index contributed by atoms with van der Waals surface area (Å²) in [6, 6.07) is 9.78. The average molecular weight is 382 g/mol. The van der Waals surface area contributed by atoms with Gasteiger partial charge in [-0.15, -0.1) is 0 Å². The van der Waals surface area contributed by atoms with Crippen LogP contribution in [0.15, 0.2) is 42.7 Å². The Morgan fingerprint density at radius 2 is 1.57 bits per heavy atom. The van der Waals surface area contributed by atoms with Gasteiger partial charge in [-0.25, -0.2) is 0 Å². The van der Waals surface area contributed by atoms with Gasteiger partial charge < -0.3 is 10.6 Å². The third kappa shape index (κ3) is 4.97. The Balaban J connectivity index is 2.19. The van der Waals surface area contributed by atoms with E-state index in [9.17, 15) is 9.59 Å². The first kappa shape index (κ1) is 21.6. The first-order valence-corrected chi connectivity index (χ1v) is 9.76. The highest BCUT2D eigenvalue weighted by atomic mass is 16.2. The van der Waals surface area contributed by atoms with Crippen molar-refractivity contribution in [2.45, 2.75) is 59.9 Å². The fourth-order valence-corrected chi connectivity index (χ4v) is 2.97. The largest absolute Gasteiger partial charge is 0.351 e. The zero-order valence-corrected chi connectivity index (χ0v) is 17.7. The minimum absolute atomic E-state index is 0.261. The van der Waals surface area contributed by atoms with Crippen LogP contribution in [0.3, 0.4) is 0 Å². The maximum absolute atomic E-state index is 13.1. The van der Waals surface area contributed by atoms with E-state index in [0.29, 0.717) is 6.54 Å². The molecule has 0 radical (unpaired) electrons. The molecule has 0 aliphatic rings. The lowest BCUT2D eigenvalue weighted by molar-refractivity contribution is -0.138. The zero-order chi connectivity index (χ0) is 20.9. The van der Waals surface area contributed by atoms with E-state index in [0.717, 1.165) is 22.4 Å². The Labute approximate surface area is 168 Å². The van der Waals surface area contributed by atoms with E-state index < -0.39 is 5.41 Å². The summed E-state index contributed by atoms with van der Waals surface area (Å²) in [5.41, 5.74) is 2.66. The summed E-state index contributed by atoms with van der Waals surface area (Å²) in [5.74, 6) is -0.110. The van der Waals surface area contributed by atoms with Gasteiger partial charge in [0.05, 0.1) is 0 Å². The highest BCUT2D eigenvalue weighted by Crippen LogP contribution is 2.33. The summed E-state index contributed by atoms with van der Waals surface area (Å²) in [6.45, 7) is 12.0. The van der Waals surface area contributed by atoms with Crippen LogP contribution in [0.1, 0.15) is 70.1 Å². The SMILES string of the molecule is CC(C)c1cccc(C(C)C)c1NC(=O)C(C)(C)C(=O)NCc1cccnc1. The molecule has 2 aromatic rings. The number of carbonyl (C=O) groups is 2. The predicted octanol–water partition coefficient (Wildman–Crippen LogP) is 4.61. The van der Waals surface area contributed by atoms with E-state index >= 15 is 0 Å². The Morgan fingerprint density at radius 3 is 2.07 bits per heavy atom. The molecule has 0 aliphatic heterocycles. The summed E-state index contributed by atoms with van der Waals surface area (Å²) in [6.07, 6.45) is 3.38. The Kier molecular flexibility index (Phi) is 6.95. The van der Waals surface area contributed by atoms with Crippen molar-refractivity contribution in [3.05, 3.63) is 59.4 Å². The standard InChI is InChI=1S/C23H31N3O2/c1-15(2)18-10-7-11-19(16(3)4)20(18)26-22(28)23(5,6)21(27)25-14-17-9-8-12-24-13-17/h7-13,15-16H,14H2,1-6H3,(H,25,27)(H,26,28). The second kappa shape index (κ2) is 9.00. The van der Waals surface area contributed by atoms with Crippen molar-refractivity contribution < 1.29 is 9.59 Å². The van der Waals surface area contributed by atoms with Crippen LogP contribution in [0.25, 0.3) is 0 Å². The van der Waals surface area contributed by atoms with E-state index in [1.165, 1.54) is 0 Å². The number of pyridine rings is 1. The van der Waals surface area contributed by atoms with Gasteiger partial charge >= 0.3 is 0 Å². The van der Waals surface area contributed by atoms with Gasteiger partial charge in [0, 0.05) is 24.6 Å². The molecule has 2 N–H and O–H groups in total. The normalized spacial score (nSPS) is 11.6. The summed E-state index contributed by atoms with van der Waals surface area (Å²) in [7, 11) is 0. The first-order chi connectivity index (χ1) is 13.1. The molecule has 2 amide bonds. The molecule has 5 nitrogen and oxygen atoms in total. The van der Waals surface area contributed by atoms with Gasteiger partial charge in [-0.1, -0.05) is 52.0 Å². The van der Waals surface area contributed by atoms with Gasteiger partial charge in [0.15, 0.2) is 0 Å². The predicted molar refractivity (Wildman–Crippen MR) is 113 cm³/mol. The van der Waals surface area contributed by atoms with Gasteiger partial charge in [0.2, 0.25) is 11.8 Å². The molecule has 1 heterocycles. The monoisotopic (exact) mass is 381 g/mol. The number of nitrogens with zero attached hydrogens (tertiary/aromatic N) is 1. The number of hydrogen-bond donors (Lipinski definition) is 2. The molecule has 5 heteroatoms.